The lowest BCUT2D eigenvalue weighted by Gasteiger charge is -1.81. The van der Waals surface area contributed by atoms with E-state index in [-0.39, 0.29) is 0 Å². The van der Waals surface area contributed by atoms with E-state index in [1.807, 2.05) is 29.8 Å². The third-order valence-electron chi connectivity index (χ3n) is 1.12. The minimum atomic E-state index is 0.961. The van der Waals surface area contributed by atoms with Crippen molar-refractivity contribution in [2.24, 2.45) is 0 Å². The van der Waals surface area contributed by atoms with E-state index in [0.717, 1.165) is 5.69 Å². The van der Waals surface area contributed by atoms with Gasteiger partial charge in [0.15, 0.2) is 0 Å². The standard InChI is InChI=1S/C5H6N2.C4H4S/c1-5-4-6-2-3-7-5;1-2-4-5-3-1/h2-4H,1H3;1-4H. The molecule has 0 saturated carbocycles. The van der Waals surface area contributed by atoms with Gasteiger partial charge >= 0.3 is 0 Å². The summed E-state index contributed by atoms with van der Waals surface area (Å²) in [6, 6.07) is 4.04. The Bertz CT molecular complexity index is 261. The third kappa shape index (κ3) is 3.83. The summed E-state index contributed by atoms with van der Waals surface area (Å²) in [5.41, 5.74) is 0.961. The molecule has 0 bridgehead atoms. The van der Waals surface area contributed by atoms with E-state index in [9.17, 15) is 0 Å². The second-order valence-electron chi connectivity index (χ2n) is 2.14. The Labute approximate surface area is 75.9 Å². The molecule has 0 spiro atoms. The van der Waals surface area contributed by atoms with E-state index in [1.165, 1.54) is 0 Å². The molecule has 3 heteroatoms. The van der Waals surface area contributed by atoms with Crippen LogP contribution >= 0.6 is 11.3 Å². The first-order valence-electron chi connectivity index (χ1n) is 3.59. The van der Waals surface area contributed by atoms with Gasteiger partial charge in [-0.1, -0.05) is 12.1 Å². The molecular formula is C9H10N2S. The molecule has 2 rings (SSSR count). The molecule has 0 unspecified atom stereocenters. The number of thiophene rings is 1. The van der Waals surface area contributed by atoms with E-state index in [2.05, 4.69) is 9.97 Å². The molecule has 0 radical (unpaired) electrons. The van der Waals surface area contributed by atoms with Crippen molar-refractivity contribution in [3.8, 4) is 0 Å². The maximum Gasteiger partial charge on any atom is 0.0555 e. The summed E-state index contributed by atoms with van der Waals surface area (Å²) in [6.07, 6.45) is 5.06. The molecule has 0 aliphatic carbocycles. The monoisotopic (exact) mass is 178 g/mol. The van der Waals surface area contributed by atoms with Crippen molar-refractivity contribution in [1.29, 1.82) is 0 Å². The van der Waals surface area contributed by atoms with Gasteiger partial charge in [-0.15, -0.1) is 0 Å². The molecule has 0 aliphatic rings. The Hall–Kier alpha value is -1.22. The summed E-state index contributed by atoms with van der Waals surface area (Å²) in [7, 11) is 0. The molecule has 0 aliphatic heterocycles. The van der Waals surface area contributed by atoms with Crippen molar-refractivity contribution in [1.82, 2.24) is 9.97 Å². The Morgan fingerprint density at radius 2 is 1.92 bits per heavy atom. The van der Waals surface area contributed by atoms with Crippen molar-refractivity contribution in [2.75, 3.05) is 0 Å². The average Bonchev–Trinajstić information content (AvgIpc) is 2.62. The second kappa shape index (κ2) is 5.43. The summed E-state index contributed by atoms with van der Waals surface area (Å²) in [4.78, 5) is 7.74. The number of hydrogen-bond acceptors (Lipinski definition) is 3. The fourth-order valence-electron chi connectivity index (χ4n) is 0.600. The van der Waals surface area contributed by atoms with Crippen molar-refractivity contribution < 1.29 is 0 Å². The van der Waals surface area contributed by atoms with Gasteiger partial charge in [-0.2, -0.15) is 11.3 Å². The summed E-state index contributed by atoms with van der Waals surface area (Å²) in [6.45, 7) is 1.91. The van der Waals surface area contributed by atoms with Crippen LogP contribution in [0.15, 0.2) is 41.5 Å². The lowest BCUT2D eigenvalue weighted by atomic mass is 10.5. The summed E-state index contributed by atoms with van der Waals surface area (Å²) in [5, 5.41) is 4.08. The maximum absolute atomic E-state index is 3.92. The number of hydrogen-bond donors (Lipinski definition) is 0. The van der Waals surface area contributed by atoms with E-state index >= 15 is 0 Å². The minimum Gasteiger partial charge on any atom is -0.261 e. The highest BCUT2D eigenvalue weighted by Gasteiger charge is 1.74. The summed E-state index contributed by atoms with van der Waals surface area (Å²) >= 11 is 1.71. The Balaban J connectivity index is 0.000000127. The molecule has 0 saturated heterocycles. The number of aryl methyl sites for hydroxylation is 1. The van der Waals surface area contributed by atoms with Crippen LogP contribution in [0.3, 0.4) is 0 Å². The highest BCUT2D eigenvalue weighted by molar-refractivity contribution is 7.07. The van der Waals surface area contributed by atoms with Crippen LogP contribution in [0.4, 0.5) is 0 Å². The van der Waals surface area contributed by atoms with Gasteiger partial charge < -0.3 is 0 Å². The van der Waals surface area contributed by atoms with Crippen molar-refractivity contribution in [2.45, 2.75) is 6.92 Å². The molecule has 2 aromatic heterocycles. The first kappa shape index (κ1) is 8.87. The predicted molar refractivity (Wildman–Crippen MR) is 51.1 cm³/mol. The van der Waals surface area contributed by atoms with E-state index in [1.54, 1.807) is 29.9 Å². The van der Waals surface area contributed by atoms with Crippen LogP contribution in [0.25, 0.3) is 0 Å². The van der Waals surface area contributed by atoms with Gasteiger partial charge in [0.2, 0.25) is 0 Å². The maximum atomic E-state index is 3.92. The second-order valence-corrected chi connectivity index (χ2v) is 2.96. The lowest BCUT2D eigenvalue weighted by molar-refractivity contribution is 1.12. The normalized spacial score (nSPS) is 8.42. The van der Waals surface area contributed by atoms with Gasteiger partial charge in [-0.25, -0.2) is 0 Å². The predicted octanol–water partition coefficient (Wildman–Crippen LogP) is 2.53. The van der Waals surface area contributed by atoms with Crippen molar-refractivity contribution in [3.63, 3.8) is 0 Å². The van der Waals surface area contributed by atoms with Crippen LogP contribution in [-0.2, 0) is 0 Å². The number of aromatic nitrogens is 2. The zero-order valence-electron chi connectivity index (χ0n) is 6.84. The summed E-state index contributed by atoms with van der Waals surface area (Å²) in [5.74, 6) is 0. The van der Waals surface area contributed by atoms with Gasteiger partial charge in [-0.3, -0.25) is 9.97 Å². The molecule has 0 N–H and O–H groups in total. The van der Waals surface area contributed by atoms with Gasteiger partial charge in [-0.05, 0) is 17.7 Å². The van der Waals surface area contributed by atoms with Crippen LogP contribution in [0, 0.1) is 6.92 Å². The van der Waals surface area contributed by atoms with Gasteiger partial charge in [0.25, 0.3) is 0 Å². The Morgan fingerprint density at radius 3 is 2.17 bits per heavy atom. The fraction of sp³-hybridized carbons (Fsp3) is 0.111. The molecule has 0 atom stereocenters. The van der Waals surface area contributed by atoms with Crippen LogP contribution in [0.2, 0.25) is 0 Å². The van der Waals surface area contributed by atoms with E-state index in [0.29, 0.717) is 0 Å². The van der Waals surface area contributed by atoms with Gasteiger partial charge in [0.05, 0.1) is 5.69 Å². The quantitative estimate of drug-likeness (QED) is 0.619. The first-order valence-corrected chi connectivity index (χ1v) is 4.53. The Morgan fingerprint density at radius 1 is 1.17 bits per heavy atom. The highest BCUT2D eigenvalue weighted by Crippen LogP contribution is 1.91. The molecule has 2 nitrogen and oxygen atoms in total. The zero-order valence-corrected chi connectivity index (χ0v) is 7.66. The Kier molecular flexibility index (Phi) is 4.02. The van der Waals surface area contributed by atoms with Crippen LogP contribution in [-0.4, -0.2) is 9.97 Å². The van der Waals surface area contributed by atoms with E-state index < -0.39 is 0 Å². The van der Waals surface area contributed by atoms with Crippen LogP contribution in [0.5, 0.6) is 0 Å². The molecule has 0 fully saturated rings. The van der Waals surface area contributed by atoms with Crippen LogP contribution in [0.1, 0.15) is 5.69 Å². The largest absolute Gasteiger partial charge is 0.261 e. The lowest BCUT2D eigenvalue weighted by Crippen LogP contribution is -1.77. The summed E-state index contributed by atoms with van der Waals surface area (Å²) < 4.78 is 0. The highest BCUT2D eigenvalue weighted by atomic mass is 32.1. The van der Waals surface area contributed by atoms with Gasteiger partial charge in [0.1, 0.15) is 0 Å². The minimum absolute atomic E-state index is 0.961. The smallest absolute Gasteiger partial charge is 0.0555 e. The number of nitrogens with zero attached hydrogens (tertiary/aromatic N) is 2. The molecule has 2 aromatic rings. The van der Waals surface area contributed by atoms with Crippen molar-refractivity contribution >= 4 is 11.3 Å². The zero-order chi connectivity index (χ0) is 8.65. The first-order chi connectivity index (χ1) is 5.89. The third-order valence-corrected chi connectivity index (χ3v) is 1.75. The molecule has 62 valence electrons. The fourth-order valence-corrected chi connectivity index (χ4v) is 1.05. The molecule has 2 heterocycles. The van der Waals surface area contributed by atoms with Crippen molar-refractivity contribution in [3.05, 3.63) is 47.2 Å². The number of rotatable bonds is 0. The van der Waals surface area contributed by atoms with E-state index in [4.69, 9.17) is 0 Å². The van der Waals surface area contributed by atoms with Crippen LogP contribution < -0.4 is 0 Å². The van der Waals surface area contributed by atoms with Gasteiger partial charge in [0, 0.05) is 18.6 Å². The average molecular weight is 178 g/mol. The molecular weight excluding hydrogens is 168 g/mol. The topological polar surface area (TPSA) is 25.8 Å². The molecule has 12 heavy (non-hydrogen) atoms. The SMILES string of the molecule is Cc1cnccn1.c1ccsc1. The molecule has 0 amide bonds. The molecule has 0 aromatic carbocycles.